The van der Waals surface area contributed by atoms with E-state index in [2.05, 4.69) is 41.5 Å². The molecule has 2 N–H and O–H groups in total. The summed E-state index contributed by atoms with van der Waals surface area (Å²) in [5.74, 6) is 1.02. The van der Waals surface area contributed by atoms with Gasteiger partial charge in [-0.1, -0.05) is 24.3 Å². The molecule has 2 aromatic carbocycles. The van der Waals surface area contributed by atoms with Crippen molar-refractivity contribution in [3.63, 3.8) is 0 Å². The highest BCUT2D eigenvalue weighted by molar-refractivity contribution is 5.98. The standard InChI is InChI=1S/C26H32N2O5/c1-15-16(2)25(31-4)21(26(30)28-23-13-32-10-9-24(23)29)12-20(15)11-18-5-7-19(8-6-18)22-14-33-17(3)27-22/h5-8,12,22-24,29H,9-11,13-14H2,1-4H3,(H,28,30)/t22?,23-,24-/m0/s1. The number of nitrogens with zero attached hydrogens (tertiary/aromatic N) is 1. The lowest BCUT2D eigenvalue weighted by atomic mass is 9.92. The van der Waals surface area contributed by atoms with Gasteiger partial charge in [-0.25, -0.2) is 4.99 Å². The quantitative estimate of drug-likeness (QED) is 0.702. The number of rotatable bonds is 6. The number of hydrogen-bond acceptors (Lipinski definition) is 6. The molecule has 0 radical (unpaired) electrons. The van der Waals surface area contributed by atoms with Gasteiger partial charge < -0.3 is 24.6 Å². The van der Waals surface area contributed by atoms with Gasteiger partial charge >= 0.3 is 0 Å². The number of nitrogens with one attached hydrogen (secondary N) is 1. The van der Waals surface area contributed by atoms with E-state index in [-0.39, 0.29) is 11.9 Å². The minimum atomic E-state index is -0.614. The summed E-state index contributed by atoms with van der Waals surface area (Å²) in [6.07, 6.45) is 0.584. The van der Waals surface area contributed by atoms with Crippen molar-refractivity contribution in [2.45, 2.75) is 51.8 Å². The van der Waals surface area contributed by atoms with E-state index in [0.717, 1.165) is 33.7 Å². The second kappa shape index (κ2) is 9.93. The van der Waals surface area contributed by atoms with E-state index in [0.29, 0.717) is 44.0 Å². The van der Waals surface area contributed by atoms with Gasteiger partial charge in [0.05, 0.1) is 31.4 Å². The predicted octanol–water partition coefficient (Wildman–Crippen LogP) is 3.27. The second-order valence-electron chi connectivity index (χ2n) is 8.77. The maximum atomic E-state index is 13.1. The van der Waals surface area contributed by atoms with Gasteiger partial charge in [0, 0.05) is 13.5 Å². The molecule has 0 bridgehead atoms. The number of aliphatic hydroxyl groups is 1. The number of ether oxygens (including phenoxy) is 3. The summed E-state index contributed by atoms with van der Waals surface area (Å²) >= 11 is 0. The van der Waals surface area contributed by atoms with E-state index in [1.165, 1.54) is 0 Å². The molecule has 2 aromatic rings. The third-order valence-corrected chi connectivity index (χ3v) is 6.58. The lowest BCUT2D eigenvalue weighted by molar-refractivity contribution is -0.0140. The number of amides is 1. The van der Waals surface area contributed by atoms with Gasteiger partial charge in [-0.2, -0.15) is 0 Å². The molecule has 176 valence electrons. The van der Waals surface area contributed by atoms with Crippen LogP contribution in [0.15, 0.2) is 35.3 Å². The summed E-state index contributed by atoms with van der Waals surface area (Å²) in [6.45, 7) is 7.28. The van der Waals surface area contributed by atoms with Gasteiger partial charge in [0.15, 0.2) is 5.90 Å². The van der Waals surface area contributed by atoms with Crippen LogP contribution >= 0.6 is 0 Å². The molecular weight excluding hydrogens is 420 g/mol. The van der Waals surface area contributed by atoms with E-state index in [1.807, 2.05) is 19.9 Å². The summed E-state index contributed by atoms with van der Waals surface area (Å²) < 4.78 is 16.5. The summed E-state index contributed by atoms with van der Waals surface area (Å²) in [7, 11) is 1.58. The van der Waals surface area contributed by atoms with Crippen molar-refractivity contribution in [2.24, 2.45) is 4.99 Å². The fourth-order valence-electron chi connectivity index (χ4n) is 4.43. The van der Waals surface area contributed by atoms with Gasteiger partial charge in [-0.3, -0.25) is 4.79 Å². The molecule has 1 fully saturated rings. The summed E-state index contributed by atoms with van der Waals surface area (Å²) in [6, 6.07) is 9.92. The van der Waals surface area contributed by atoms with Crippen LogP contribution in [0.4, 0.5) is 0 Å². The van der Waals surface area contributed by atoms with Gasteiger partial charge in [0.25, 0.3) is 5.91 Å². The van der Waals surface area contributed by atoms with Crippen LogP contribution in [0.5, 0.6) is 5.75 Å². The average Bonchev–Trinajstić information content (AvgIpc) is 3.25. The first kappa shape index (κ1) is 23.3. The normalized spacial score (nSPS) is 22.5. The first-order valence-corrected chi connectivity index (χ1v) is 11.4. The molecule has 4 rings (SSSR count). The molecule has 33 heavy (non-hydrogen) atoms. The highest BCUT2D eigenvalue weighted by Gasteiger charge is 2.27. The highest BCUT2D eigenvalue weighted by Crippen LogP contribution is 2.31. The Morgan fingerprint density at radius 2 is 1.94 bits per heavy atom. The molecule has 0 saturated carbocycles. The maximum Gasteiger partial charge on any atom is 0.255 e. The molecule has 7 heteroatoms. The number of carbonyl (C=O) groups excluding carboxylic acids is 1. The summed E-state index contributed by atoms with van der Waals surface area (Å²) in [5.41, 5.74) is 5.84. The first-order chi connectivity index (χ1) is 15.9. The molecule has 1 amide bonds. The Bertz CT molecular complexity index is 1050. The van der Waals surface area contributed by atoms with Crippen LogP contribution in [0.2, 0.25) is 0 Å². The van der Waals surface area contributed by atoms with Gasteiger partial charge in [0.1, 0.15) is 18.4 Å². The highest BCUT2D eigenvalue weighted by atomic mass is 16.5. The average molecular weight is 453 g/mol. The third-order valence-electron chi connectivity index (χ3n) is 6.58. The van der Waals surface area contributed by atoms with Crippen LogP contribution in [0.3, 0.4) is 0 Å². The van der Waals surface area contributed by atoms with Crippen LogP contribution in [0, 0.1) is 13.8 Å². The zero-order valence-corrected chi connectivity index (χ0v) is 19.7. The minimum Gasteiger partial charge on any atom is -0.496 e. The van der Waals surface area contributed by atoms with Crippen LogP contribution < -0.4 is 10.1 Å². The van der Waals surface area contributed by atoms with Gasteiger partial charge in [0.2, 0.25) is 0 Å². The Hall–Kier alpha value is -2.90. The fraction of sp³-hybridized carbons (Fsp3) is 0.462. The molecule has 1 unspecified atom stereocenters. The van der Waals surface area contributed by atoms with E-state index in [9.17, 15) is 9.90 Å². The topological polar surface area (TPSA) is 89.4 Å². The molecule has 7 nitrogen and oxygen atoms in total. The number of methoxy groups -OCH3 is 1. The number of aliphatic imine (C=N–C) groups is 1. The monoisotopic (exact) mass is 452 g/mol. The number of hydrogen-bond donors (Lipinski definition) is 2. The smallest absolute Gasteiger partial charge is 0.255 e. The lowest BCUT2D eigenvalue weighted by Crippen LogP contribution is -2.49. The van der Waals surface area contributed by atoms with Crippen molar-refractivity contribution in [1.82, 2.24) is 5.32 Å². The summed E-state index contributed by atoms with van der Waals surface area (Å²) in [4.78, 5) is 17.7. The molecule has 0 spiro atoms. The SMILES string of the molecule is COc1c(C(=O)N[C@H]2COCC[C@@H]2O)cc(Cc2ccc(C3COC(C)=N3)cc2)c(C)c1C. The van der Waals surface area contributed by atoms with Crippen LogP contribution in [0.25, 0.3) is 0 Å². The Labute approximate surface area is 194 Å². The Morgan fingerprint density at radius 3 is 2.58 bits per heavy atom. The van der Waals surface area contributed by atoms with Gasteiger partial charge in [-0.05, 0) is 60.6 Å². The molecule has 0 aromatic heterocycles. The van der Waals surface area contributed by atoms with Crippen LogP contribution in [-0.4, -0.2) is 56.0 Å². The van der Waals surface area contributed by atoms with Gasteiger partial charge in [-0.15, -0.1) is 0 Å². The molecule has 2 aliphatic heterocycles. The van der Waals surface area contributed by atoms with E-state index in [4.69, 9.17) is 14.2 Å². The number of aliphatic hydroxyl groups excluding tert-OH is 1. The zero-order chi connectivity index (χ0) is 23.5. The minimum absolute atomic E-state index is 0.0541. The van der Waals surface area contributed by atoms with Crippen molar-refractivity contribution >= 4 is 11.8 Å². The van der Waals surface area contributed by atoms with Crippen LogP contribution in [0.1, 0.15) is 57.6 Å². The first-order valence-electron chi connectivity index (χ1n) is 11.4. The maximum absolute atomic E-state index is 13.1. The third kappa shape index (κ3) is 5.04. The van der Waals surface area contributed by atoms with E-state index < -0.39 is 12.1 Å². The molecule has 0 aliphatic carbocycles. The van der Waals surface area contributed by atoms with E-state index >= 15 is 0 Å². The second-order valence-corrected chi connectivity index (χ2v) is 8.77. The molecule has 1 saturated heterocycles. The zero-order valence-electron chi connectivity index (χ0n) is 19.7. The number of carbonyl (C=O) groups is 1. The molecular formula is C26H32N2O5. The molecule has 2 heterocycles. The number of benzene rings is 2. The fourth-order valence-corrected chi connectivity index (χ4v) is 4.43. The van der Waals surface area contributed by atoms with Crippen molar-refractivity contribution < 1.29 is 24.1 Å². The molecule has 2 aliphatic rings. The van der Waals surface area contributed by atoms with Crippen molar-refractivity contribution in [3.8, 4) is 5.75 Å². The Kier molecular flexibility index (Phi) is 7.00. The largest absolute Gasteiger partial charge is 0.496 e. The Morgan fingerprint density at radius 1 is 1.18 bits per heavy atom. The van der Waals surface area contributed by atoms with Crippen molar-refractivity contribution in [2.75, 3.05) is 26.9 Å². The lowest BCUT2D eigenvalue weighted by Gasteiger charge is -2.29. The van der Waals surface area contributed by atoms with Crippen molar-refractivity contribution in [3.05, 3.63) is 63.7 Å². The van der Waals surface area contributed by atoms with Crippen LogP contribution in [-0.2, 0) is 15.9 Å². The summed E-state index contributed by atoms with van der Waals surface area (Å²) in [5, 5.41) is 13.1. The van der Waals surface area contributed by atoms with E-state index in [1.54, 1.807) is 7.11 Å². The predicted molar refractivity (Wildman–Crippen MR) is 126 cm³/mol. The van der Waals surface area contributed by atoms with Crippen molar-refractivity contribution in [1.29, 1.82) is 0 Å². The molecule has 3 atom stereocenters. The Balaban J connectivity index is 1.57.